The zero-order valence-electron chi connectivity index (χ0n) is 14.3. The maximum atomic E-state index is 13.7. The summed E-state index contributed by atoms with van der Waals surface area (Å²) >= 11 is 0. The minimum absolute atomic E-state index is 0.136. The molecule has 2 heterocycles. The van der Waals surface area contributed by atoms with Crippen LogP contribution in [0.5, 0.6) is 5.75 Å². The Morgan fingerprint density at radius 3 is 2.70 bits per heavy atom. The van der Waals surface area contributed by atoms with Crippen LogP contribution in [0.15, 0.2) is 18.2 Å². The van der Waals surface area contributed by atoms with E-state index < -0.39 is 0 Å². The molecule has 23 heavy (non-hydrogen) atoms. The number of halogens is 1. The lowest BCUT2D eigenvalue weighted by molar-refractivity contribution is -0.132. The highest BCUT2D eigenvalue weighted by Gasteiger charge is 2.43. The minimum atomic E-state index is -0.198. The third-order valence-electron chi connectivity index (χ3n) is 5.23. The normalized spacial score (nSPS) is 22.8. The summed E-state index contributed by atoms with van der Waals surface area (Å²) in [6.07, 6.45) is 3.68. The van der Waals surface area contributed by atoms with Crippen molar-refractivity contribution in [3.05, 3.63) is 29.6 Å². The van der Waals surface area contributed by atoms with Gasteiger partial charge < -0.3 is 9.64 Å². The van der Waals surface area contributed by atoms with E-state index in [1.54, 1.807) is 19.1 Å². The van der Waals surface area contributed by atoms with Gasteiger partial charge in [0.1, 0.15) is 17.2 Å². The number of ether oxygens (including phenoxy) is 1. The van der Waals surface area contributed by atoms with Gasteiger partial charge in [-0.05, 0) is 42.9 Å². The fraction of sp³-hybridized carbons (Fsp3) is 0.632. The maximum absolute atomic E-state index is 13.7. The second-order valence-electron chi connectivity index (χ2n) is 7.50. The van der Waals surface area contributed by atoms with Crippen LogP contribution in [0.25, 0.3) is 0 Å². The van der Waals surface area contributed by atoms with Gasteiger partial charge in [-0.3, -0.25) is 4.79 Å². The summed E-state index contributed by atoms with van der Waals surface area (Å²) < 4.78 is 20.0. The number of rotatable bonds is 2. The van der Waals surface area contributed by atoms with E-state index >= 15 is 0 Å². The third-order valence-corrected chi connectivity index (χ3v) is 5.23. The molecule has 126 valence electrons. The largest absolute Gasteiger partial charge is 0.487 e. The molecule has 3 rings (SSSR count). The minimum Gasteiger partial charge on any atom is -0.487 e. The van der Waals surface area contributed by atoms with Crippen LogP contribution in [0.4, 0.5) is 4.39 Å². The molecule has 0 saturated carbocycles. The number of benzene rings is 1. The molecule has 0 aromatic heterocycles. The molecule has 0 bridgehead atoms. The van der Waals surface area contributed by atoms with Crippen molar-refractivity contribution in [3.8, 4) is 5.75 Å². The molecule has 0 aliphatic carbocycles. The lowest BCUT2D eigenvalue weighted by atomic mass is 9.74. The highest BCUT2D eigenvalue weighted by molar-refractivity contribution is 5.73. The van der Waals surface area contributed by atoms with Crippen molar-refractivity contribution >= 4 is 5.91 Å². The first-order chi connectivity index (χ1) is 10.9. The van der Waals surface area contributed by atoms with Gasteiger partial charge >= 0.3 is 0 Å². The maximum Gasteiger partial charge on any atom is 0.219 e. The molecule has 0 radical (unpaired) electrons. The van der Waals surface area contributed by atoms with Crippen LogP contribution in [-0.2, 0) is 4.79 Å². The molecule has 2 aliphatic heterocycles. The molecule has 1 aromatic rings. The summed E-state index contributed by atoms with van der Waals surface area (Å²) in [6.45, 7) is 7.54. The van der Waals surface area contributed by atoms with Gasteiger partial charge in [-0.25, -0.2) is 4.39 Å². The number of amides is 1. The molecule has 1 atom stereocenters. The molecular weight excluding hydrogens is 293 g/mol. The summed E-state index contributed by atoms with van der Waals surface area (Å²) in [5, 5.41) is 0. The van der Waals surface area contributed by atoms with Crippen LogP contribution >= 0.6 is 0 Å². The SMILES string of the molecule is CC(=O)N1CCC2(CC1)CC(CC(C)C)c1cc(F)ccc1O2. The first kappa shape index (κ1) is 16.3. The Balaban J connectivity index is 1.86. The molecular formula is C19H26FNO2. The molecule has 1 spiro atoms. The molecule has 4 heteroatoms. The van der Waals surface area contributed by atoms with Crippen LogP contribution in [0.1, 0.15) is 57.9 Å². The molecule has 0 N–H and O–H groups in total. The molecule has 2 aliphatic rings. The Bertz CT molecular complexity index is 591. The van der Waals surface area contributed by atoms with E-state index in [1.165, 1.54) is 6.07 Å². The highest BCUT2D eigenvalue weighted by atomic mass is 19.1. The number of hydrogen-bond acceptors (Lipinski definition) is 2. The van der Waals surface area contributed by atoms with E-state index in [-0.39, 0.29) is 17.3 Å². The second-order valence-corrected chi connectivity index (χ2v) is 7.50. The van der Waals surface area contributed by atoms with Crippen molar-refractivity contribution in [3.63, 3.8) is 0 Å². The van der Waals surface area contributed by atoms with E-state index in [4.69, 9.17) is 4.74 Å². The Kier molecular flexibility index (Phi) is 4.35. The van der Waals surface area contributed by atoms with Gasteiger partial charge in [0.2, 0.25) is 5.91 Å². The summed E-state index contributed by atoms with van der Waals surface area (Å²) in [5.74, 6) is 1.67. The predicted molar refractivity (Wildman–Crippen MR) is 88.1 cm³/mol. The van der Waals surface area contributed by atoms with Crippen molar-refractivity contribution in [1.29, 1.82) is 0 Å². The van der Waals surface area contributed by atoms with Crippen molar-refractivity contribution in [1.82, 2.24) is 4.90 Å². The van der Waals surface area contributed by atoms with Crippen LogP contribution in [0.2, 0.25) is 0 Å². The van der Waals surface area contributed by atoms with E-state index in [0.717, 1.165) is 50.1 Å². The highest BCUT2D eigenvalue weighted by Crippen LogP contribution is 2.47. The van der Waals surface area contributed by atoms with Crippen molar-refractivity contribution in [2.75, 3.05) is 13.1 Å². The Morgan fingerprint density at radius 1 is 1.39 bits per heavy atom. The smallest absolute Gasteiger partial charge is 0.219 e. The average Bonchev–Trinajstić information content (AvgIpc) is 2.48. The van der Waals surface area contributed by atoms with Crippen LogP contribution in [0, 0.1) is 11.7 Å². The van der Waals surface area contributed by atoms with E-state index in [2.05, 4.69) is 13.8 Å². The quantitative estimate of drug-likeness (QED) is 0.820. The monoisotopic (exact) mass is 319 g/mol. The fourth-order valence-electron chi connectivity index (χ4n) is 4.08. The zero-order chi connectivity index (χ0) is 16.6. The van der Waals surface area contributed by atoms with Gasteiger partial charge in [-0.2, -0.15) is 0 Å². The first-order valence-electron chi connectivity index (χ1n) is 8.62. The topological polar surface area (TPSA) is 29.5 Å². The molecule has 3 nitrogen and oxygen atoms in total. The molecule has 1 unspecified atom stereocenters. The van der Waals surface area contributed by atoms with Gasteiger partial charge in [0, 0.05) is 38.4 Å². The Morgan fingerprint density at radius 2 is 2.09 bits per heavy atom. The van der Waals surface area contributed by atoms with Crippen LogP contribution < -0.4 is 4.74 Å². The summed E-state index contributed by atoms with van der Waals surface area (Å²) in [6, 6.07) is 4.89. The van der Waals surface area contributed by atoms with Gasteiger partial charge in [0.05, 0.1) is 0 Å². The van der Waals surface area contributed by atoms with Gasteiger partial charge in [0.15, 0.2) is 0 Å². The fourth-order valence-corrected chi connectivity index (χ4v) is 4.08. The second kappa shape index (κ2) is 6.14. The van der Waals surface area contributed by atoms with Gasteiger partial charge in [0.25, 0.3) is 0 Å². The van der Waals surface area contributed by atoms with Gasteiger partial charge in [-0.15, -0.1) is 0 Å². The number of nitrogens with zero attached hydrogens (tertiary/aromatic N) is 1. The van der Waals surface area contributed by atoms with E-state index in [9.17, 15) is 9.18 Å². The van der Waals surface area contributed by atoms with Crippen LogP contribution in [0.3, 0.4) is 0 Å². The number of piperidine rings is 1. The average molecular weight is 319 g/mol. The molecule has 1 amide bonds. The number of carbonyl (C=O) groups excluding carboxylic acids is 1. The first-order valence-corrected chi connectivity index (χ1v) is 8.62. The lowest BCUT2D eigenvalue weighted by Gasteiger charge is -2.47. The summed E-state index contributed by atoms with van der Waals surface area (Å²) in [4.78, 5) is 13.5. The summed E-state index contributed by atoms with van der Waals surface area (Å²) in [5.41, 5.74) is 0.814. The summed E-state index contributed by atoms with van der Waals surface area (Å²) in [7, 11) is 0. The van der Waals surface area contributed by atoms with Crippen molar-refractivity contribution in [2.45, 2.75) is 58.0 Å². The lowest BCUT2D eigenvalue weighted by Crippen LogP contribution is -2.51. The zero-order valence-corrected chi connectivity index (χ0v) is 14.3. The Labute approximate surface area is 137 Å². The predicted octanol–water partition coefficient (Wildman–Crippen LogP) is 4.12. The van der Waals surface area contributed by atoms with Gasteiger partial charge in [-0.1, -0.05) is 13.8 Å². The molecule has 1 fully saturated rings. The van der Waals surface area contributed by atoms with E-state index in [0.29, 0.717) is 11.8 Å². The molecule has 1 aromatic carbocycles. The van der Waals surface area contributed by atoms with E-state index in [1.807, 2.05) is 4.90 Å². The number of hydrogen-bond donors (Lipinski definition) is 0. The third kappa shape index (κ3) is 3.36. The molecule has 1 saturated heterocycles. The van der Waals surface area contributed by atoms with Crippen molar-refractivity contribution < 1.29 is 13.9 Å². The standard InChI is InChI=1S/C19H26FNO2/c1-13(2)10-15-12-19(6-8-21(9-7-19)14(3)22)23-18-5-4-16(20)11-17(15)18/h4-5,11,13,15H,6-10,12H2,1-3H3. The van der Waals surface area contributed by atoms with Crippen molar-refractivity contribution in [2.24, 2.45) is 5.92 Å². The number of carbonyl (C=O) groups is 1. The number of likely N-dealkylation sites (tertiary alicyclic amines) is 1. The van der Waals surface area contributed by atoms with Crippen LogP contribution in [-0.4, -0.2) is 29.5 Å². The Hall–Kier alpha value is -1.58. The number of fused-ring (bicyclic) bond motifs is 1.